The van der Waals surface area contributed by atoms with Crippen molar-refractivity contribution in [2.75, 3.05) is 5.75 Å². The maximum Gasteiger partial charge on any atom is 1.00 e. The zero-order valence-corrected chi connectivity index (χ0v) is 7.75. The predicted molar refractivity (Wildman–Crippen MR) is 44.7 cm³/mol. The van der Waals surface area contributed by atoms with Gasteiger partial charge in [0.05, 0.1) is 0 Å². The van der Waals surface area contributed by atoms with Crippen LogP contribution in [0.1, 0.15) is 32.1 Å². The Morgan fingerprint density at radius 2 is 1.90 bits per heavy atom. The Kier molecular flexibility index (Phi) is 7.27. The molecule has 0 amide bonds. The van der Waals surface area contributed by atoms with Gasteiger partial charge in [-0.05, 0) is 18.6 Å². The molecular weight excluding hydrogens is 135 g/mol. The van der Waals surface area contributed by atoms with Crippen LogP contribution in [0.5, 0.6) is 0 Å². The zero-order valence-electron chi connectivity index (χ0n) is 6.94. The first-order chi connectivity index (χ1) is 4.43. The second-order valence-corrected chi connectivity index (χ2v) is 4.04. The molecule has 1 fully saturated rings. The first kappa shape index (κ1) is 10.9. The second kappa shape index (κ2) is 6.64. The summed E-state index contributed by atoms with van der Waals surface area (Å²) in [5.74, 6) is 1.27. The van der Waals surface area contributed by atoms with Crippen LogP contribution in [-0.2, 0) is 0 Å². The molecule has 0 saturated heterocycles. The quantitative estimate of drug-likeness (QED) is 0.399. The average molecular weight is 150 g/mol. The molecule has 0 radical (unpaired) electrons. The van der Waals surface area contributed by atoms with E-state index >= 15 is 0 Å². The number of hydrogen-bond acceptors (Lipinski definition) is 1. The zero-order chi connectivity index (χ0) is 6.53. The first-order valence-electron chi connectivity index (χ1n) is 3.84. The molecule has 0 N–H and O–H groups in total. The Morgan fingerprint density at radius 1 is 1.30 bits per heavy atom. The largest absolute Gasteiger partial charge is 1.00 e. The molecule has 0 aromatic carbocycles. The smallest absolute Gasteiger partial charge is 0.343 e. The van der Waals surface area contributed by atoms with Crippen LogP contribution in [0.4, 0.5) is 0 Å². The Labute approximate surface area is 80.7 Å². The molecule has 0 aromatic heterocycles. The monoisotopic (exact) mass is 150 g/mol. The van der Waals surface area contributed by atoms with Gasteiger partial charge in [0.2, 0.25) is 0 Å². The fourth-order valence-corrected chi connectivity index (χ4v) is 2.47. The van der Waals surface area contributed by atoms with Gasteiger partial charge >= 0.3 is 18.9 Å². The molecule has 0 unspecified atom stereocenters. The summed E-state index contributed by atoms with van der Waals surface area (Å²) in [4.78, 5) is 0. The molecule has 0 heterocycles. The fraction of sp³-hybridized carbons (Fsp3) is 0.875. The molecule has 54 valence electrons. The van der Waals surface area contributed by atoms with Crippen molar-refractivity contribution in [2.45, 2.75) is 37.4 Å². The Balaban J connectivity index is 0.000000810. The normalized spacial score (nSPS) is 18.9. The summed E-state index contributed by atoms with van der Waals surface area (Å²) >= 11 is 2.12. The predicted octanol–water partition coefficient (Wildman–Crippen LogP) is -0.110. The molecule has 1 saturated carbocycles. The van der Waals surface area contributed by atoms with E-state index in [9.17, 15) is 0 Å². The van der Waals surface area contributed by atoms with E-state index in [4.69, 9.17) is 0 Å². The van der Waals surface area contributed by atoms with Crippen molar-refractivity contribution in [3.63, 3.8) is 0 Å². The Bertz CT molecular complexity index is 69.7. The van der Waals surface area contributed by atoms with Gasteiger partial charge in [-0.25, -0.2) is 0 Å². The maximum atomic E-state index is 3.83. The number of thioether (sulfide) groups is 1. The van der Waals surface area contributed by atoms with E-state index < -0.39 is 0 Å². The maximum absolute atomic E-state index is 3.83. The molecule has 1 aliphatic rings. The minimum atomic E-state index is 0. The third-order valence-corrected chi connectivity index (χ3v) is 3.27. The molecule has 0 aliphatic heterocycles. The van der Waals surface area contributed by atoms with E-state index in [2.05, 4.69) is 18.7 Å². The summed E-state index contributed by atoms with van der Waals surface area (Å²) < 4.78 is 0. The topological polar surface area (TPSA) is 0 Å². The van der Waals surface area contributed by atoms with Gasteiger partial charge in [-0.1, -0.05) is 12.8 Å². The molecule has 10 heavy (non-hydrogen) atoms. The van der Waals surface area contributed by atoms with Crippen molar-refractivity contribution in [1.29, 1.82) is 0 Å². The van der Waals surface area contributed by atoms with Gasteiger partial charge in [-0.15, -0.1) is 0 Å². The van der Waals surface area contributed by atoms with Gasteiger partial charge in [-0.3, -0.25) is 0 Å². The third-order valence-electron chi connectivity index (χ3n) is 1.80. The summed E-state index contributed by atoms with van der Waals surface area (Å²) in [6, 6.07) is 0. The molecule has 1 rings (SSSR count). The van der Waals surface area contributed by atoms with Crippen LogP contribution in [-0.4, -0.2) is 11.0 Å². The number of hydrogen-bond donors (Lipinski definition) is 0. The van der Waals surface area contributed by atoms with Crippen LogP contribution < -0.4 is 18.9 Å². The van der Waals surface area contributed by atoms with Crippen LogP contribution >= 0.6 is 11.8 Å². The Morgan fingerprint density at radius 3 is 2.40 bits per heavy atom. The molecule has 1 aliphatic carbocycles. The van der Waals surface area contributed by atoms with E-state index in [-0.39, 0.29) is 18.9 Å². The summed E-state index contributed by atoms with van der Waals surface area (Å²) in [6.45, 7) is 3.83. The number of rotatable bonds is 3. The molecule has 0 spiro atoms. The molecule has 0 bridgehead atoms. The standard InChI is InChI=1S/C8H15S.Li/c1-2-7-9-8-5-3-4-6-8;/h8H,1-7H2;/q-1;+1. The van der Waals surface area contributed by atoms with Crippen molar-refractivity contribution < 1.29 is 18.9 Å². The summed E-state index contributed by atoms with van der Waals surface area (Å²) in [5.41, 5.74) is 0. The first-order valence-corrected chi connectivity index (χ1v) is 4.89. The van der Waals surface area contributed by atoms with Gasteiger partial charge in [0.15, 0.2) is 0 Å². The fourth-order valence-electron chi connectivity index (χ4n) is 1.31. The van der Waals surface area contributed by atoms with Crippen molar-refractivity contribution >= 4 is 11.8 Å². The van der Waals surface area contributed by atoms with Crippen LogP contribution in [0, 0.1) is 6.92 Å². The van der Waals surface area contributed by atoms with Crippen LogP contribution in [0.15, 0.2) is 0 Å². The molecule has 2 heteroatoms. The summed E-state index contributed by atoms with van der Waals surface area (Å²) in [7, 11) is 0. The van der Waals surface area contributed by atoms with E-state index in [1.54, 1.807) is 0 Å². The van der Waals surface area contributed by atoms with Gasteiger partial charge < -0.3 is 6.92 Å². The van der Waals surface area contributed by atoms with Gasteiger partial charge in [-0.2, -0.15) is 18.2 Å². The van der Waals surface area contributed by atoms with Crippen molar-refractivity contribution in [1.82, 2.24) is 0 Å². The van der Waals surface area contributed by atoms with E-state index in [1.807, 2.05) is 0 Å². The van der Waals surface area contributed by atoms with E-state index in [0.717, 1.165) is 11.7 Å². The second-order valence-electron chi connectivity index (χ2n) is 2.63. The molecule has 0 aromatic rings. The third kappa shape index (κ3) is 3.96. The molecule has 0 atom stereocenters. The van der Waals surface area contributed by atoms with E-state index in [1.165, 1.54) is 31.4 Å². The average Bonchev–Trinajstić information content (AvgIpc) is 2.34. The SMILES string of the molecule is [CH2-]CCSC1CCCC1.[Li+]. The van der Waals surface area contributed by atoms with Gasteiger partial charge in [0.1, 0.15) is 0 Å². The summed E-state index contributed by atoms with van der Waals surface area (Å²) in [5, 5.41) is 0.992. The van der Waals surface area contributed by atoms with Crippen molar-refractivity contribution in [3.05, 3.63) is 6.92 Å². The van der Waals surface area contributed by atoms with Crippen LogP contribution in [0.3, 0.4) is 0 Å². The Hall–Kier alpha value is 0.947. The minimum Gasteiger partial charge on any atom is -0.343 e. The van der Waals surface area contributed by atoms with Crippen LogP contribution in [0.25, 0.3) is 0 Å². The van der Waals surface area contributed by atoms with E-state index in [0.29, 0.717) is 0 Å². The minimum absolute atomic E-state index is 0. The van der Waals surface area contributed by atoms with Crippen molar-refractivity contribution in [2.24, 2.45) is 0 Å². The molecule has 0 nitrogen and oxygen atoms in total. The molecular formula is C8H15LiS. The summed E-state index contributed by atoms with van der Waals surface area (Å²) in [6.07, 6.45) is 6.96. The van der Waals surface area contributed by atoms with Crippen molar-refractivity contribution in [3.8, 4) is 0 Å². The van der Waals surface area contributed by atoms with Crippen LogP contribution in [0.2, 0.25) is 0 Å². The van der Waals surface area contributed by atoms with Gasteiger partial charge in [0, 0.05) is 5.25 Å². The van der Waals surface area contributed by atoms with Gasteiger partial charge in [0.25, 0.3) is 0 Å².